The first-order valence-electron chi connectivity index (χ1n) is 24.7. The molecule has 0 atom stereocenters. The highest BCUT2D eigenvalue weighted by Crippen LogP contribution is 2.56. The molecule has 0 saturated carbocycles. The van der Waals surface area contributed by atoms with Crippen LogP contribution in [0.2, 0.25) is 0 Å². The number of hydrogen-bond acceptors (Lipinski definition) is 3. The fourth-order valence-corrected chi connectivity index (χ4v) is 14.2. The fourth-order valence-electron chi connectivity index (χ4n) is 12.9. The predicted octanol–water partition coefficient (Wildman–Crippen LogP) is 16.1. The Bertz CT molecular complexity index is 4030. The first-order chi connectivity index (χ1) is 32.6. The van der Waals surface area contributed by atoms with E-state index < -0.39 is 0 Å². The maximum atomic E-state index is 6.72. The molecule has 0 fully saturated rings. The molecule has 68 heavy (non-hydrogen) atoms. The fraction of sp³-hybridized carbons (Fsp3) is 0.238. The summed E-state index contributed by atoms with van der Waals surface area (Å²) in [5, 5.41) is 11.9. The number of fused-ring (bicyclic) bond motifs is 16. The number of thiophene rings is 1. The lowest BCUT2D eigenvalue weighted by Gasteiger charge is -2.42. The van der Waals surface area contributed by atoms with Crippen LogP contribution >= 0.6 is 11.3 Å². The zero-order valence-electron chi connectivity index (χ0n) is 40.6. The van der Waals surface area contributed by atoms with Gasteiger partial charge in [0.15, 0.2) is 7.28 Å². The number of hydrogen-bond donors (Lipinski definition) is 1. The molecular formula is C63H55BN2OS. The topological polar surface area (TPSA) is 30.1 Å². The summed E-state index contributed by atoms with van der Waals surface area (Å²) >= 11 is 1.97. The zero-order chi connectivity index (χ0) is 46.4. The number of nitrogens with zero attached hydrogens (tertiary/aromatic N) is 1. The van der Waals surface area contributed by atoms with Gasteiger partial charge in [0.25, 0.3) is 0 Å². The summed E-state index contributed by atoms with van der Waals surface area (Å²) in [6, 6.07) is 51.1. The van der Waals surface area contributed by atoms with E-state index in [-0.39, 0.29) is 21.7 Å². The minimum absolute atomic E-state index is 0.0501. The summed E-state index contributed by atoms with van der Waals surface area (Å²) in [5.74, 6) is 0. The van der Waals surface area contributed by atoms with E-state index in [2.05, 4.69) is 206 Å². The van der Waals surface area contributed by atoms with Gasteiger partial charge in [-0.1, -0.05) is 147 Å². The Kier molecular flexibility index (Phi) is 7.96. The molecule has 5 heteroatoms. The third-order valence-electron chi connectivity index (χ3n) is 16.8. The molecule has 14 rings (SSSR count). The van der Waals surface area contributed by atoms with E-state index in [4.69, 9.17) is 4.42 Å². The van der Waals surface area contributed by atoms with Crippen LogP contribution in [0.25, 0.3) is 91.9 Å². The van der Waals surface area contributed by atoms with Crippen LogP contribution in [-0.2, 0) is 21.7 Å². The van der Waals surface area contributed by atoms with Gasteiger partial charge in [0.05, 0.1) is 5.52 Å². The molecule has 0 radical (unpaired) electrons. The lowest BCUT2D eigenvalue weighted by Crippen LogP contribution is -2.37. The van der Waals surface area contributed by atoms with Crippen molar-refractivity contribution in [2.45, 2.75) is 96.8 Å². The molecule has 3 aliphatic rings. The number of anilines is 2. The predicted molar refractivity (Wildman–Crippen MR) is 294 cm³/mol. The molecule has 332 valence electrons. The standard InChI is InChI=1S/C63H55BN2OS/c1-60(2,3)34-22-24-35(25-23-34)65-48-31-44-39(36-16-10-13-19-43(36)63(44,8)9)28-41(48)56-57-58-54(55-38-18-12-15-21-53(38)68-59(55)56)42-29-45-46(62(6,7)27-26-61(45,4)5)32-49(42)66(58)50-33-52-40(30-47(50)64-57)37-17-11-14-20-51(37)67-52/h10-25,28-33,64-65H,26-27H2,1-9H3. The Morgan fingerprint density at radius 3 is 2.09 bits per heavy atom. The molecule has 8 aromatic carbocycles. The van der Waals surface area contributed by atoms with Crippen molar-refractivity contribution in [3.05, 3.63) is 161 Å². The quantitative estimate of drug-likeness (QED) is 0.179. The molecule has 1 aliphatic heterocycles. The summed E-state index contributed by atoms with van der Waals surface area (Å²) in [6.45, 7) is 21.5. The Balaban J connectivity index is 1.17. The maximum Gasteiger partial charge on any atom is 0.198 e. The molecule has 3 aromatic heterocycles. The average molecular weight is 899 g/mol. The molecule has 0 bridgehead atoms. The van der Waals surface area contributed by atoms with E-state index in [1.165, 1.54) is 126 Å². The Labute approximate surface area is 403 Å². The van der Waals surface area contributed by atoms with Crippen LogP contribution in [0.15, 0.2) is 138 Å². The van der Waals surface area contributed by atoms with E-state index in [9.17, 15) is 0 Å². The molecule has 1 N–H and O–H groups in total. The van der Waals surface area contributed by atoms with Crippen molar-refractivity contribution in [1.82, 2.24) is 4.57 Å². The van der Waals surface area contributed by atoms with Gasteiger partial charge in [0.1, 0.15) is 11.2 Å². The molecule has 4 heterocycles. The lowest BCUT2D eigenvalue weighted by molar-refractivity contribution is 0.332. The summed E-state index contributed by atoms with van der Waals surface area (Å²) in [5.41, 5.74) is 23.0. The Morgan fingerprint density at radius 1 is 0.603 bits per heavy atom. The van der Waals surface area contributed by atoms with Gasteiger partial charge >= 0.3 is 0 Å². The molecule has 0 spiro atoms. The highest BCUT2D eigenvalue weighted by Gasteiger charge is 2.41. The van der Waals surface area contributed by atoms with Crippen LogP contribution < -0.4 is 16.2 Å². The maximum absolute atomic E-state index is 6.72. The van der Waals surface area contributed by atoms with Gasteiger partial charge in [-0.25, -0.2) is 0 Å². The van der Waals surface area contributed by atoms with E-state index in [1.54, 1.807) is 0 Å². The van der Waals surface area contributed by atoms with Crippen molar-refractivity contribution in [3.63, 3.8) is 0 Å². The van der Waals surface area contributed by atoms with Gasteiger partial charge in [-0.05, 0) is 128 Å². The third kappa shape index (κ3) is 5.43. The van der Waals surface area contributed by atoms with Crippen molar-refractivity contribution in [2.24, 2.45) is 0 Å². The van der Waals surface area contributed by atoms with Crippen molar-refractivity contribution < 1.29 is 4.42 Å². The number of para-hydroxylation sites is 1. The summed E-state index contributed by atoms with van der Waals surface area (Å²) in [4.78, 5) is 0. The third-order valence-corrected chi connectivity index (χ3v) is 18.0. The second-order valence-electron chi connectivity index (χ2n) is 23.2. The van der Waals surface area contributed by atoms with Crippen molar-refractivity contribution in [3.8, 4) is 27.9 Å². The number of furan rings is 1. The van der Waals surface area contributed by atoms with Crippen LogP contribution in [-0.4, -0.2) is 11.8 Å². The van der Waals surface area contributed by atoms with E-state index in [0.29, 0.717) is 0 Å². The number of nitrogens with one attached hydrogen (secondary N) is 1. The summed E-state index contributed by atoms with van der Waals surface area (Å²) < 4.78 is 12.1. The molecule has 11 aromatic rings. The lowest BCUT2D eigenvalue weighted by atomic mass is 9.58. The van der Waals surface area contributed by atoms with Crippen LogP contribution in [0, 0.1) is 0 Å². The van der Waals surface area contributed by atoms with Gasteiger partial charge in [-0.15, -0.1) is 11.3 Å². The van der Waals surface area contributed by atoms with Crippen LogP contribution in [0.3, 0.4) is 0 Å². The zero-order valence-corrected chi connectivity index (χ0v) is 41.4. The molecular weight excluding hydrogens is 844 g/mol. The number of benzene rings is 8. The minimum atomic E-state index is -0.160. The van der Waals surface area contributed by atoms with E-state index in [0.717, 1.165) is 36.2 Å². The Morgan fingerprint density at radius 2 is 1.31 bits per heavy atom. The van der Waals surface area contributed by atoms with E-state index >= 15 is 0 Å². The molecule has 0 amide bonds. The summed E-state index contributed by atoms with van der Waals surface area (Å²) in [6.07, 6.45) is 2.33. The highest BCUT2D eigenvalue weighted by molar-refractivity contribution is 7.26. The van der Waals surface area contributed by atoms with Gasteiger partial charge < -0.3 is 14.3 Å². The highest BCUT2D eigenvalue weighted by atomic mass is 32.1. The van der Waals surface area contributed by atoms with Gasteiger partial charge in [-0.3, -0.25) is 0 Å². The van der Waals surface area contributed by atoms with Crippen LogP contribution in [0.4, 0.5) is 11.4 Å². The number of aromatic nitrogens is 1. The van der Waals surface area contributed by atoms with Crippen LogP contribution in [0.5, 0.6) is 0 Å². The van der Waals surface area contributed by atoms with Crippen LogP contribution in [0.1, 0.15) is 103 Å². The average Bonchev–Trinajstić information content (AvgIpc) is 4.04. The molecule has 0 unspecified atom stereocenters. The van der Waals surface area contributed by atoms with Gasteiger partial charge in [0, 0.05) is 81.3 Å². The monoisotopic (exact) mass is 898 g/mol. The van der Waals surface area contributed by atoms with Crippen molar-refractivity contribution >= 4 is 105 Å². The molecule has 0 saturated heterocycles. The first-order valence-corrected chi connectivity index (χ1v) is 25.5. The first kappa shape index (κ1) is 40.5. The SMILES string of the molecule is CC(C)(C)c1ccc(Nc2cc3c(cc2-c2c4c5c(c6cc7c(cc6n5-c5cc6oc8ccccc8c6cc5B4)C(C)(C)CCC7(C)C)c4c2sc2ccccc24)-c2ccccc2C3(C)C)cc1. The normalized spacial score (nSPS) is 16.4. The van der Waals surface area contributed by atoms with E-state index in [1.807, 2.05) is 11.3 Å². The van der Waals surface area contributed by atoms with Crippen molar-refractivity contribution in [2.75, 3.05) is 5.32 Å². The molecule has 3 nitrogen and oxygen atoms in total. The van der Waals surface area contributed by atoms with Gasteiger partial charge in [0.2, 0.25) is 0 Å². The number of rotatable bonds is 3. The largest absolute Gasteiger partial charge is 0.456 e. The second kappa shape index (κ2) is 13.4. The molecule has 2 aliphatic carbocycles. The van der Waals surface area contributed by atoms with Crippen molar-refractivity contribution in [1.29, 1.82) is 0 Å². The minimum Gasteiger partial charge on any atom is -0.456 e. The smallest absolute Gasteiger partial charge is 0.198 e. The Hall–Kier alpha value is -6.56. The van der Waals surface area contributed by atoms with Gasteiger partial charge in [-0.2, -0.15) is 0 Å². The summed E-state index contributed by atoms with van der Waals surface area (Å²) in [7, 11) is 0.798. The second-order valence-corrected chi connectivity index (χ2v) is 24.3.